The highest BCUT2D eigenvalue weighted by atomic mass is 16.4. The molecule has 1 aliphatic heterocycles. The Morgan fingerprint density at radius 2 is 1.78 bits per heavy atom. The van der Waals surface area contributed by atoms with Crippen molar-refractivity contribution < 1.29 is 9.90 Å². The summed E-state index contributed by atoms with van der Waals surface area (Å²) in [5.41, 5.74) is 2.59. The number of carboxylic acid groups (broad SMARTS) is 1. The fourth-order valence-corrected chi connectivity index (χ4v) is 2.30. The van der Waals surface area contributed by atoms with Gasteiger partial charge in [-0.25, -0.2) is 0 Å². The van der Waals surface area contributed by atoms with Crippen LogP contribution in [0.2, 0.25) is 0 Å². The van der Waals surface area contributed by atoms with Crippen molar-refractivity contribution in [3.8, 4) is 0 Å². The van der Waals surface area contributed by atoms with Gasteiger partial charge in [-0.2, -0.15) is 0 Å². The van der Waals surface area contributed by atoms with E-state index in [9.17, 15) is 4.79 Å². The van der Waals surface area contributed by atoms with Gasteiger partial charge >= 0.3 is 5.97 Å². The molecule has 0 amide bonds. The molecule has 4 heteroatoms. The van der Waals surface area contributed by atoms with E-state index < -0.39 is 5.97 Å². The number of nitrogens with zero attached hydrogens (tertiary/aromatic N) is 2. The number of carboxylic acids is 1. The Balaban J connectivity index is 1.90. The van der Waals surface area contributed by atoms with Crippen LogP contribution in [-0.2, 0) is 11.2 Å². The molecule has 4 nitrogen and oxygen atoms in total. The fourth-order valence-electron chi connectivity index (χ4n) is 2.30. The number of hydrogen-bond donors (Lipinski definition) is 1. The van der Waals surface area contributed by atoms with E-state index in [-0.39, 0.29) is 6.54 Å². The zero-order valence-electron chi connectivity index (χ0n) is 10.8. The first-order chi connectivity index (χ1) is 8.69. The van der Waals surface area contributed by atoms with Gasteiger partial charge in [0.15, 0.2) is 0 Å². The Kier molecular flexibility index (Phi) is 4.20. The molecule has 18 heavy (non-hydrogen) atoms. The van der Waals surface area contributed by atoms with Crippen LogP contribution in [0, 0.1) is 0 Å². The van der Waals surface area contributed by atoms with E-state index in [0.29, 0.717) is 0 Å². The largest absolute Gasteiger partial charge is 0.480 e. The van der Waals surface area contributed by atoms with Gasteiger partial charge in [0.1, 0.15) is 0 Å². The van der Waals surface area contributed by atoms with E-state index in [0.717, 1.165) is 32.6 Å². The summed E-state index contributed by atoms with van der Waals surface area (Å²) in [5.74, 6) is -0.740. The normalized spacial score (nSPS) is 16.8. The predicted molar refractivity (Wildman–Crippen MR) is 72.1 cm³/mol. The zero-order valence-corrected chi connectivity index (χ0v) is 10.8. The van der Waals surface area contributed by atoms with Gasteiger partial charge < -0.3 is 10.0 Å². The minimum absolute atomic E-state index is 0.155. The van der Waals surface area contributed by atoms with Gasteiger partial charge in [0, 0.05) is 31.9 Å². The lowest BCUT2D eigenvalue weighted by Gasteiger charge is -2.35. The second-order valence-corrected chi connectivity index (χ2v) is 4.68. The maximum Gasteiger partial charge on any atom is 0.317 e. The number of aryl methyl sites for hydroxylation is 1. The summed E-state index contributed by atoms with van der Waals surface area (Å²) in [5, 5.41) is 8.75. The van der Waals surface area contributed by atoms with Gasteiger partial charge in [0.25, 0.3) is 0 Å². The zero-order chi connectivity index (χ0) is 13.0. The molecule has 0 atom stereocenters. The molecule has 1 aromatic rings. The Morgan fingerprint density at radius 3 is 2.28 bits per heavy atom. The van der Waals surface area contributed by atoms with Crippen molar-refractivity contribution in [1.82, 2.24) is 4.90 Å². The molecule has 0 unspecified atom stereocenters. The molecule has 0 aliphatic carbocycles. The first kappa shape index (κ1) is 12.9. The summed E-state index contributed by atoms with van der Waals surface area (Å²) >= 11 is 0. The monoisotopic (exact) mass is 248 g/mol. The first-order valence-electron chi connectivity index (χ1n) is 6.47. The van der Waals surface area contributed by atoms with E-state index in [1.807, 2.05) is 4.90 Å². The molecular formula is C14H20N2O2. The van der Waals surface area contributed by atoms with Crippen LogP contribution < -0.4 is 4.90 Å². The summed E-state index contributed by atoms with van der Waals surface area (Å²) in [6, 6.07) is 8.65. The van der Waals surface area contributed by atoms with Crippen LogP contribution in [0.3, 0.4) is 0 Å². The second kappa shape index (κ2) is 5.87. The second-order valence-electron chi connectivity index (χ2n) is 4.68. The van der Waals surface area contributed by atoms with Gasteiger partial charge in [0.05, 0.1) is 6.54 Å². The molecule has 1 aliphatic rings. The standard InChI is InChI=1S/C14H20N2O2/c1-2-12-3-5-13(6-4-12)16-9-7-15(8-10-16)11-14(17)18/h3-6H,2,7-11H2,1H3,(H,17,18). The van der Waals surface area contributed by atoms with Crippen molar-refractivity contribution in [3.63, 3.8) is 0 Å². The van der Waals surface area contributed by atoms with Crippen LogP contribution >= 0.6 is 0 Å². The Hall–Kier alpha value is -1.55. The number of rotatable bonds is 4. The lowest BCUT2D eigenvalue weighted by Crippen LogP contribution is -2.47. The van der Waals surface area contributed by atoms with Crippen LogP contribution in [0.25, 0.3) is 0 Å². The smallest absolute Gasteiger partial charge is 0.317 e. The van der Waals surface area contributed by atoms with Gasteiger partial charge in [0.2, 0.25) is 0 Å². The van der Waals surface area contributed by atoms with E-state index in [4.69, 9.17) is 5.11 Å². The molecule has 1 fully saturated rings. The van der Waals surface area contributed by atoms with E-state index in [1.165, 1.54) is 11.3 Å². The van der Waals surface area contributed by atoms with Crippen molar-refractivity contribution in [1.29, 1.82) is 0 Å². The van der Waals surface area contributed by atoms with Crippen molar-refractivity contribution in [2.24, 2.45) is 0 Å². The number of piperazine rings is 1. The average molecular weight is 248 g/mol. The number of hydrogen-bond acceptors (Lipinski definition) is 3. The molecule has 1 N–H and O–H groups in total. The minimum Gasteiger partial charge on any atom is -0.480 e. The Morgan fingerprint density at radius 1 is 1.17 bits per heavy atom. The van der Waals surface area contributed by atoms with Crippen LogP contribution in [0.1, 0.15) is 12.5 Å². The molecular weight excluding hydrogens is 228 g/mol. The lowest BCUT2D eigenvalue weighted by molar-refractivity contribution is -0.138. The van der Waals surface area contributed by atoms with Crippen molar-refractivity contribution in [2.75, 3.05) is 37.6 Å². The predicted octanol–water partition coefficient (Wildman–Crippen LogP) is 1.46. The molecule has 1 aromatic carbocycles. The van der Waals surface area contributed by atoms with Gasteiger partial charge in [-0.3, -0.25) is 9.69 Å². The molecule has 98 valence electrons. The van der Waals surface area contributed by atoms with Crippen molar-refractivity contribution in [2.45, 2.75) is 13.3 Å². The highest BCUT2D eigenvalue weighted by molar-refractivity contribution is 5.69. The van der Waals surface area contributed by atoms with Crippen LogP contribution in [0.5, 0.6) is 0 Å². The SMILES string of the molecule is CCc1ccc(N2CCN(CC(=O)O)CC2)cc1. The first-order valence-corrected chi connectivity index (χ1v) is 6.47. The number of aliphatic carboxylic acids is 1. The van der Waals surface area contributed by atoms with Crippen LogP contribution in [0.15, 0.2) is 24.3 Å². The lowest BCUT2D eigenvalue weighted by atomic mass is 10.1. The quantitative estimate of drug-likeness (QED) is 0.876. The molecule has 1 heterocycles. The average Bonchev–Trinajstić information content (AvgIpc) is 2.39. The van der Waals surface area contributed by atoms with E-state index >= 15 is 0 Å². The van der Waals surface area contributed by atoms with Gasteiger partial charge in [-0.05, 0) is 24.1 Å². The topological polar surface area (TPSA) is 43.8 Å². The maximum atomic E-state index is 10.6. The third-order valence-corrected chi connectivity index (χ3v) is 3.44. The highest BCUT2D eigenvalue weighted by Crippen LogP contribution is 2.17. The summed E-state index contributed by atoms with van der Waals surface area (Å²) in [7, 11) is 0. The van der Waals surface area contributed by atoms with Crippen LogP contribution in [-0.4, -0.2) is 48.7 Å². The number of benzene rings is 1. The molecule has 0 aromatic heterocycles. The summed E-state index contributed by atoms with van der Waals surface area (Å²) in [6.45, 7) is 5.75. The third-order valence-electron chi connectivity index (χ3n) is 3.44. The van der Waals surface area contributed by atoms with Crippen molar-refractivity contribution in [3.05, 3.63) is 29.8 Å². The van der Waals surface area contributed by atoms with E-state index in [2.05, 4.69) is 36.1 Å². The molecule has 0 spiro atoms. The molecule has 0 bridgehead atoms. The number of anilines is 1. The molecule has 0 saturated carbocycles. The van der Waals surface area contributed by atoms with E-state index in [1.54, 1.807) is 0 Å². The molecule has 0 radical (unpaired) electrons. The van der Waals surface area contributed by atoms with Crippen molar-refractivity contribution >= 4 is 11.7 Å². The summed E-state index contributed by atoms with van der Waals surface area (Å²) < 4.78 is 0. The van der Waals surface area contributed by atoms with Gasteiger partial charge in [-0.15, -0.1) is 0 Å². The molecule has 1 saturated heterocycles. The fraction of sp³-hybridized carbons (Fsp3) is 0.500. The highest BCUT2D eigenvalue weighted by Gasteiger charge is 2.18. The Bertz CT molecular complexity index is 395. The summed E-state index contributed by atoms with van der Waals surface area (Å²) in [6.07, 6.45) is 1.06. The van der Waals surface area contributed by atoms with Crippen LogP contribution in [0.4, 0.5) is 5.69 Å². The Labute approximate surface area is 108 Å². The third kappa shape index (κ3) is 3.23. The maximum absolute atomic E-state index is 10.6. The minimum atomic E-state index is -0.740. The summed E-state index contributed by atoms with van der Waals surface area (Å²) in [4.78, 5) is 14.9. The molecule has 2 rings (SSSR count). The number of carbonyl (C=O) groups is 1. The van der Waals surface area contributed by atoms with Gasteiger partial charge in [-0.1, -0.05) is 19.1 Å².